The van der Waals surface area contributed by atoms with E-state index in [0.717, 1.165) is 28.9 Å². The van der Waals surface area contributed by atoms with Gasteiger partial charge in [0.25, 0.3) is 0 Å². The number of aldehydes is 1. The van der Waals surface area contributed by atoms with Crippen LogP contribution < -0.4 is 0 Å². The summed E-state index contributed by atoms with van der Waals surface area (Å²) in [5.74, 6) is 0.605. The zero-order chi connectivity index (χ0) is 18.9. The summed E-state index contributed by atoms with van der Waals surface area (Å²) < 4.78 is 5.55. The zero-order valence-electron chi connectivity index (χ0n) is 14.8. The van der Waals surface area contributed by atoms with Gasteiger partial charge in [-0.25, -0.2) is 14.6 Å². The second-order valence-corrected chi connectivity index (χ2v) is 6.37. The van der Waals surface area contributed by atoms with Crippen LogP contribution in [0.5, 0.6) is 0 Å². The highest BCUT2D eigenvalue weighted by atomic mass is 16.1. The minimum atomic E-state index is 0.482. The number of carbonyl (C=O) groups excluding carboxylic acids is 1. The normalized spacial score (nSPS) is 11.1. The summed E-state index contributed by atoms with van der Waals surface area (Å²) in [6, 6.07) is 9.49. The SMILES string of the molecule is O=Cc1ccc2nc(Cn3cnc(-c4cncc(-n5cccc5)c4)n3)cn2c1. The summed E-state index contributed by atoms with van der Waals surface area (Å²) in [5, 5.41) is 4.55. The third-order valence-electron chi connectivity index (χ3n) is 4.40. The van der Waals surface area contributed by atoms with Gasteiger partial charge in [-0.05, 0) is 30.3 Å². The number of carbonyl (C=O) groups is 1. The summed E-state index contributed by atoms with van der Waals surface area (Å²) in [7, 11) is 0. The molecule has 0 aliphatic rings. The highest BCUT2D eigenvalue weighted by Gasteiger charge is 2.09. The Hall–Kier alpha value is -4.07. The molecule has 0 saturated carbocycles. The lowest BCUT2D eigenvalue weighted by Gasteiger charge is -2.03. The highest BCUT2D eigenvalue weighted by molar-refractivity contribution is 5.74. The van der Waals surface area contributed by atoms with Crippen molar-refractivity contribution in [1.29, 1.82) is 0 Å². The van der Waals surface area contributed by atoms with Crippen molar-refractivity contribution in [3.63, 3.8) is 0 Å². The van der Waals surface area contributed by atoms with Crippen LogP contribution in [0.2, 0.25) is 0 Å². The number of rotatable bonds is 5. The number of hydrogen-bond acceptors (Lipinski definition) is 5. The van der Waals surface area contributed by atoms with Crippen molar-refractivity contribution in [1.82, 2.24) is 33.7 Å². The van der Waals surface area contributed by atoms with Crippen LogP contribution in [0.25, 0.3) is 22.7 Å². The molecule has 8 heteroatoms. The number of imidazole rings is 1. The molecule has 8 nitrogen and oxygen atoms in total. The number of nitrogens with zero attached hydrogens (tertiary/aromatic N) is 7. The molecule has 28 heavy (non-hydrogen) atoms. The molecular formula is C20H15N7O. The smallest absolute Gasteiger partial charge is 0.182 e. The van der Waals surface area contributed by atoms with Gasteiger partial charge < -0.3 is 8.97 Å². The van der Waals surface area contributed by atoms with E-state index in [1.165, 1.54) is 0 Å². The molecule has 0 N–H and O–H groups in total. The maximum absolute atomic E-state index is 10.9. The van der Waals surface area contributed by atoms with Crippen molar-refractivity contribution in [3.05, 3.63) is 85.1 Å². The topological polar surface area (TPSA) is 82.9 Å². The van der Waals surface area contributed by atoms with E-state index in [4.69, 9.17) is 0 Å². The first-order chi connectivity index (χ1) is 13.8. The molecule has 0 atom stereocenters. The molecule has 0 radical (unpaired) electrons. The third kappa shape index (κ3) is 2.96. The van der Waals surface area contributed by atoms with Crippen molar-refractivity contribution >= 4 is 11.9 Å². The molecule has 0 unspecified atom stereocenters. The Balaban J connectivity index is 1.41. The third-order valence-corrected chi connectivity index (χ3v) is 4.40. The van der Waals surface area contributed by atoms with E-state index in [0.29, 0.717) is 17.9 Å². The molecule has 0 fully saturated rings. The van der Waals surface area contributed by atoms with Crippen molar-refractivity contribution in [2.24, 2.45) is 0 Å². The Labute approximate surface area is 159 Å². The first-order valence-corrected chi connectivity index (χ1v) is 8.69. The van der Waals surface area contributed by atoms with Gasteiger partial charge in [-0.3, -0.25) is 9.78 Å². The quantitative estimate of drug-likeness (QED) is 0.445. The van der Waals surface area contributed by atoms with Crippen molar-refractivity contribution in [3.8, 4) is 17.1 Å². The molecule has 5 aromatic rings. The van der Waals surface area contributed by atoms with Crippen molar-refractivity contribution < 1.29 is 4.79 Å². The van der Waals surface area contributed by atoms with Gasteiger partial charge in [-0.2, -0.15) is 5.10 Å². The predicted molar refractivity (Wildman–Crippen MR) is 102 cm³/mol. The zero-order valence-corrected chi connectivity index (χ0v) is 14.8. The lowest BCUT2D eigenvalue weighted by atomic mass is 10.2. The van der Waals surface area contributed by atoms with Crippen LogP contribution in [0.15, 0.2) is 73.8 Å². The maximum Gasteiger partial charge on any atom is 0.182 e. The first kappa shape index (κ1) is 16.1. The summed E-state index contributed by atoms with van der Waals surface area (Å²) in [5.41, 5.74) is 4.01. The van der Waals surface area contributed by atoms with E-state index in [1.54, 1.807) is 35.7 Å². The molecule has 0 aliphatic heterocycles. The first-order valence-electron chi connectivity index (χ1n) is 8.69. The van der Waals surface area contributed by atoms with Gasteiger partial charge in [0.05, 0.1) is 24.1 Å². The lowest BCUT2D eigenvalue weighted by molar-refractivity contribution is 0.112. The van der Waals surface area contributed by atoms with Crippen LogP contribution in [0.3, 0.4) is 0 Å². The van der Waals surface area contributed by atoms with Crippen LogP contribution in [-0.4, -0.2) is 40.0 Å². The van der Waals surface area contributed by atoms with Crippen molar-refractivity contribution in [2.45, 2.75) is 6.54 Å². The number of pyridine rings is 2. The fourth-order valence-corrected chi connectivity index (χ4v) is 3.07. The minimum absolute atomic E-state index is 0.482. The largest absolute Gasteiger partial charge is 0.322 e. The van der Waals surface area contributed by atoms with Gasteiger partial charge in [0, 0.05) is 42.1 Å². The fraction of sp³-hybridized carbons (Fsp3) is 0.0500. The van der Waals surface area contributed by atoms with E-state index in [1.807, 2.05) is 51.8 Å². The minimum Gasteiger partial charge on any atom is -0.322 e. The van der Waals surface area contributed by atoms with E-state index in [-0.39, 0.29) is 0 Å². The Morgan fingerprint density at radius 2 is 1.96 bits per heavy atom. The van der Waals surface area contributed by atoms with Crippen LogP contribution in [0, 0.1) is 0 Å². The van der Waals surface area contributed by atoms with E-state index < -0.39 is 0 Å². The number of fused-ring (bicyclic) bond motifs is 1. The van der Waals surface area contributed by atoms with Gasteiger partial charge in [-0.15, -0.1) is 0 Å². The summed E-state index contributed by atoms with van der Waals surface area (Å²) in [6.45, 7) is 0.482. The standard InChI is InChI=1S/C20H15N7O/c28-13-15-3-4-19-23-17(11-26(19)10-15)12-27-14-22-20(24-27)16-7-18(9-21-8-16)25-5-1-2-6-25/h1-11,13-14H,12H2. The number of aromatic nitrogens is 7. The Morgan fingerprint density at radius 1 is 1.07 bits per heavy atom. The van der Waals surface area contributed by atoms with E-state index >= 15 is 0 Å². The molecule has 0 amide bonds. The molecule has 5 aromatic heterocycles. The second-order valence-electron chi connectivity index (χ2n) is 6.37. The molecule has 0 bridgehead atoms. The molecule has 136 valence electrons. The molecule has 0 spiro atoms. The van der Waals surface area contributed by atoms with Crippen LogP contribution in [0.1, 0.15) is 16.1 Å². The Bertz CT molecular complexity index is 1270. The molecule has 0 aliphatic carbocycles. The maximum atomic E-state index is 10.9. The Morgan fingerprint density at radius 3 is 2.82 bits per heavy atom. The van der Waals surface area contributed by atoms with Crippen molar-refractivity contribution in [2.75, 3.05) is 0 Å². The van der Waals surface area contributed by atoms with E-state index in [2.05, 4.69) is 20.1 Å². The van der Waals surface area contributed by atoms with Crippen LogP contribution in [0.4, 0.5) is 0 Å². The molecular weight excluding hydrogens is 354 g/mol. The fourth-order valence-electron chi connectivity index (χ4n) is 3.07. The summed E-state index contributed by atoms with van der Waals surface area (Å²) >= 11 is 0. The predicted octanol–water partition coefficient (Wildman–Crippen LogP) is 2.64. The molecule has 0 saturated heterocycles. The Kier molecular flexibility index (Phi) is 3.79. The van der Waals surface area contributed by atoms with Gasteiger partial charge in [0.2, 0.25) is 0 Å². The average Bonchev–Trinajstić information content (AvgIpc) is 3.48. The van der Waals surface area contributed by atoms with Crippen LogP contribution >= 0.6 is 0 Å². The summed E-state index contributed by atoms with van der Waals surface area (Å²) in [4.78, 5) is 24.2. The summed E-state index contributed by atoms with van der Waals surface area (Å²) in [6.07, 6.45) is 13.6. The van der Waals surface area contributed by atoms with E-state index in [9.17, 15) is 4.79 Å². The van der Waals surface area contributed by atoms with Gasteiger partial charge in [0.1, 0.15) is 12.0 Å². The van der Waals surface area contributed by atoms with Gasteiger partial charge in [0.15, 0.2) is 12.1 Å². The highest BCUT2D eigenvalue weighted by Crippen LogP contribution is 2.17. The van der Waals surface area contributed by atoms with Gasteiger partial charge in [-0.1, -0.05) is 0 Å². The monoisotopic (exact) mass is 369 g/mol. The number of hydrogen-bond donors (Lipinski definition) is 0. The second kappa shape index (κ2) is 6.58. The molecule has 0 aromatic carbocycles. The van der Waals surface area contributed by atoms with Gasteiger partial charge >= 0.3 is 0 Å². The molecule has 5 heterocycles. The molecule has 5 rings (SSSR count). The van der Waals surface area contributed by atoms with Crippen LogP contribution in [-0.2, 0) is 6.54 Å². The lowest BCUT2D eigenvalue weighted by Crippen LogP contribution is -2.00. The average molecular weight is 369 g/mol.